The number of nitrogens with zero attached hydrogens (tertiary/aromatic N) is 2. The smallest absolute Gasteiger partial charge is 0.311 e. The molecule has 3 aromatic rings. The van der Waals surface area contributed by atoms with Crippen LogP contribution >= 0.6 is 0 Å². The number of esters is 1. The van der Waals surface area contributed by atoms with Crippen LogP contribution in [0.25, 0.3) is 5.69 Å². The fourth-order valence-electron chi connectivity index (χ4n) is 2.40. The Kier molecular flexibility index (Phi) is 5.43. The third-order valence-electron chi connectivity index (χ3n) is 3.72. The first kappa shape index (κ1) is 17.4. The third kappa shape index (κ3) is 4.57. The zero-order chi connectivity index (χ0) is 18.4. The summed E-state index contributed by atoms with van der Waals surface area (Å²) in [7, 11) is 0. The molecule has 0 bridgehead atoms. The Hall–Kier alpha value is -3.41. The molecule has 0 radical (unpaired) electrons. The van der Waals surface area contributed by atoms with Crippen molar-refractivity contribution in [3.8, 4) is 5.69 Å². The topological polar surface area (TPSA) is 73.2 Å². The Labute approximate surface area is 151 Å². The van der Waals surface area contributed by atoms with Crippen molar-refractivity contribution < 1.29 is 14.3 Å². The number of anilines is 1. The van der Waals surface area contributed by atoms with Gasteiger partial charge in [0.05, 0.1) is 18.3 Å². The Balaban J connectivity index is 1.54. The average Bonchev–Trinajstić information content (AvgIpc) is 3.11. The van der Waals surface area contributed by atoms with E-state index in [1.54, 1.807) is 36.1 Å². The monoisotopic (exact) mass is 349 g/mol. The molecule has 26 heavy (non-hydrogen) atoms. The molecule has 0 fully saturated rings. The van der Waals surface area contributed by atoms with Crippen molar-refractivity contribution in [1.82, 2.24) is 9.78 Å². The van der Waals surface area contributed by atoms with Gasteiger partial charge in [-0.05, 0) is 31.2 Å². The van der Waals surface area contributed by atoms with Gasteiger partial charge in [0.2, 0.25) is 0 Å². The molecule has 0 aliphatic carbocycles. The summed E-state index contributed by atoms with van der Waals surface area (Å²) in [4.78, 5) is 24.2. The molecule has 0 spiro atoms. The van der Waals surface area contributed by atoms with E-state index < -0.39 is 12.1 Å². The van der Waals surface area contributed by atoms with Gasteiger partial charge in [-0.3, -0.25) is 9.59 Å². The number of carbonyl (C=O) groups excluding carboxylic acids is 2. The molecule has 0 aliphatic rings. The normalized spacial score (nSPS) is 11.6. The zero-order valence-corrected chi connectivity index (χ0v) is 14.3. The third-order valence-corrected chi connectivity index (χ3v) is 3.72. The lowest BCUT2D eigenvalue weighted by molar-refractivity contribution is -0.152. The first-order valence-corrected chi connectivity index (χ1v) is 8.26. The highest BCUT2D eigenvalue weighted by molar-refractivity contribution is 5.95. The largest absolute Gasteiger partial charge is 0.452 e. The Bertz CT molecular complexity index is 876. The number of hydrogen-bond donors (Lipinski definition) is 1. The number of nitrogens with one attached hydrogen (secondary N) is 1. The Morgan fingerprint density at radius 3 is 2.42 bits per heavy atom. The first-order chi connectivity index (χ1) is 12.6. The van der Waals surface area contributed by atoms with Gasteiger partial charge in [-0.15, -0.1) is 0 Å². The van der Waals surface area contributed by atoms with Crippen LogP contribution in [0.4, 0.5) is 5.69 Å². The van der Waals surface area contributed by atoms with Gasteiger partial charge < -0.3 is 10.1 Å². The van der Waals surface area contributed by atoms with E-state index in [1.165, 1.54) is 0 Å². The van der Waals surface area contributed by atoms with Crippen molar-refractivity contribution in [1.29, 1.82) is 0 Å². The van der Waals surface area contributed by atoms with Crippen molar-refractivity contribution in [2.24, 2.45) is 0 Å². The predicted molar refractivity (Wildman–Crippen MR) is 97.9 cm³/mol. The summed E-state index contributed by atoms with van der Waals surface area (Å²) in [5, 5.41) is 6.94. The summed E-state index contributed by atoms with van der Waals surface area (Å²) in [5.41, 5.74) is 2.28. The van der Waals surface area contributed by atoms with Gasteiger partial charge in [0.25, 0.3) is 5.91 Å². The quantitative estimate of drug-likeness (QED) is 0.695. The summed E-state index contributed by atoms with van der Waals surface area (Å²) >= 11 is 0. The van der Waals surface area contributed by atoms with Gasteiger partial charge in [-0.25, -0.2) is 4.68 Å². The second kappa shape index (κ2) is 8.11. The van der Waals surface area contributed by atoms with Gasteiger partial charge in [-0.2, -0.15) is 5.10 Å². The van der Waals surface area contributed by atoms with Gasteiger partial charge in [0.1, 0.15) is 0 Å². The predicted octanol–water partition coefficient (Wildman–Crippen LogP) is 2.99. The molecular weight excluding hydrogens is 330 g/mol. The van der Waals surface area contributed by atoms with Crippen LogP contribution in [0, 0.1) is 0 Å². The molecule has 0 saturated heterocycles. The van der Waals surface area contributed by atoms with Crippen molar-refractivity contribution in [2.75, 3.05) is 5.32 Å². The van der Waals surface area contributed by atoms with E-state index in [0.29, 0.717) is 5.69 Å². The standard InChI is InChI=1S/C20H19N3O3/c1-15(20(25)22-17-8-4-2-5-9-17)26-19(24)12-16-13-21-23(14-16)18-10-6-3-7-11-18/h2-11,13-15H,12H2,1H3,(H,22,25). The first-order valence-electron chi connectivity index (χ1n) is 8.26. The molecule has 1 amide bonds. The minimum absolute atomic E-state index is 0.0514. The number of aromatic nitrogens is 2. The van der Waals surface area contributed by atoms with E-state index in [9.17, 15) is 9.59 Å². The molecule has 1 heterocycles. The lowest BCUT2D eigenvalue weighted by Gasteiger charge is -2.13. The highest BCUT2D eigenvalue weighted by Gasteiger charge is 2.18. The average molecular weight is 349 g/mol. The van der Waals surface area contributed by atoms with Crippen LogP contribution in [0.15, 0.2) is 73.1 Å². The van der Waals surface area contributed by atoms with E-state index in [2.05, 4.69) is 10.4 Å². The number of carbonyl (C=O) groups is 2. The number of hydrogen-bond acceptors (Lipinski definition) is 4. The molecule has 0 aliphatic heterocycles. The summed E-state index contributed by atoms with van der Waals surface area (Å²) in [5.74, 6) is -0.849. The molecule has 3 rings (SSSR count). The molecule has 1 aromatic heterocycles. The molecule has 1 N–H and O–H groups in total. The van der Waals surface area contributed by atoms with Crippen LogP contribution in [0.2, 0.25) is 0 Å². The summed E-state index contributed by atoms with van der Waals surface area (Å²) < 4.78 is 6.90. The van der Waals surface area contributed by atoms with Gasteiger partial charge in [0.15, 0.2) is 6.10 Å². The highest BCUT2D eigenvalue weighted by Crippen LogP contribution is 2.10. The molecule has 6 heteroatoms. The molecule has 2 aromatic carbocycles. The second-order valence-corrected chi connectivity index (χ2v) is 5.79. The van der Waals surface area contributed by atoms with Crippen LogP contribution in [0.1, 0.15) is 12.5 Å². The van der Waals surface area contributed by atoms with Gasteiger partial charge >= 0.3 is 5.97 Å². The fraction of sp³-hybridized carbons (Fsp3) is 0.150. The Morgan fingerprint density at radius 2 is 1.73 bits per heavy atom. The highest BCUT2D eigenvalue weighted by atomic mass is 16.5. The molecule has 132 valence electrons. The number of rotatable bonds is 6. The lowest BCUT2D eigenvalue weighted by Crippen LogP contribution is -2.30. The van der Waals surface area contributed by atoms with Gasteiger partial charge in [0, 0.05) is 17.4 Å². The van der Waals surface area contributed by atoms with Crippen LogP contribution < -0.4 is 5.32 Å². The number of para-hydroxylation sites is 2. The van der Waals surface area contributed by atoms with E-state index in [0.717, 1.165) is 11.3 Å². The van der Waals surface area contributed by atoms with Crippen molar-refractivity contribution in [3.63, 3.8) is 0 Å². The number of benzene rings is 2. The summed E-state index contributed by atoms with van der Waals surface area (Å²) in [6, 6.07) is 18.6. The minimum atomic E-state index is -0.883. The molecular formula is C20H19N3O3. The maximum absolute atomic E-state index is 12.1. The maximum Gasteiger partial charge on any atom is 0.311 e. The number of amides is 1. The number of ether oxygens (including phenoxy) is 1. The van der Waals surface area contributed by atoms with Crippen LogP contribution in [0.5, 0.6) is 0 Å². The van der Waals surface area contributed by atoms with E-state index in [1.807, 2.05) is 48.5 Å². The SMILES string of the molecule is CC(OC(=O)Cc1cnn(-c2ccccc2)c1)C(=O)Nc1ccccc1. The van der Waals surface area contributed by atoms with Crippen LogP contribution in [0.3, 0.4) is 0 Å². The van der Waals surface area contributed by atoms with Crippen molar-refractivity contribution in [3.05, 3.63) is 78.6 Å². The van der Waals surface area contributed by atoms with E-state index in [-0.39, 0.29) is 12.3 Å². The second-order valence-electron chi connectivity index (χ2n) is 5.79. The maximum atomic E-state index is 12.1. The van der Waals surface area contributed by atoms with E-state index in [4.69, 9.17) is 4.74 Å². The van der Waals surface area contributed by atoms with Crippen LogP contribution in [-0.4, -0.2) is 27.8 Å². The minimum Gasteiger partial charge on any atom is -0.452 e. The fourth-order valence-corrected chi connectivity index (χ4v) is 2.40. The van der Waals surface area contributed by atoms with Gasteiger partial charge in [-0.1, -0.05) is 36.4 Å². The molecule has 1 atom stereocenters. The van der Waals surface area contributed by atoms with Crippen LogP contribution in [-0.2, 0) is 20.7 Å². The molecule has 1 unspecified atom stereocenters. The Morgan fingerprint density at radius 1 is 1.08 bits per heavy atom. The molecule has 0 saturated carbocycles. The molecule has 6 nitrogen and oxygen atoms in total. The lowest BCUT2D eigenvalue weighted by atomic mass is 10.2. The zero-order valence-electron chi connectivity index (χ0n) is 14.3. The van der Waals surface area contributed by atoms with Crippen molar-refractivity contribution in [2.45, 2.75) is 19.4 Å². The summed E-state index contributed by atoms with van der Waals surface area (Å²) in [6.07, 6.45) is 2.55. The summed E-state index contributed by atoms with van der Waals surface area (Å²) in [6.45, 7) is 1.55. The van der Waals surface area contributed by atoms with E-state index >= 15 is 0 Å². The van der Waals surface area contributed by atoms with Crippen molar-refractivity contribution >= 4 is 17.6 Å².